The van der Waals surface area contributed by atoms with Gasteiger partial charge in [-0.1, -0.05) is 12.1 Å². The van der Waals surface area contributed by atoms with Crippen LogP contribution in [0.25, 0.3) is 11.3 Å². The third kappa shape index (κ3) is 3.19. The van der Waals surface area contributed by atoms with Gasteiger partial charge in [0.25, 0.3) is 0 Å². The number of anilines is 1. The molecule has 0 aliphatic heterocycles. The molecule has 106 valence electrons. The van der Waals surface area contributed by atoms with Crippen molar-refractivity contribution in [3.05, 3.63) is 52.9 Å². The number of benzene rings is 1. The second-order valence-electron chi connectivity index (χ2n) is 4.41. The maximum atomic E-state index is 13.3. The minimum absolute atomic E-state index is 0.0189. The average molecular weight is 301 g/mol. The lowest BCUT2D eigenvalue weighted by atomic mass is 10.2. The highest BCUT2D eigenvalue weighted by molar-refractivity contribution is 7.09. The van der Waals surface area contributed by atoms with Crippen LogP contribution in [0.3, 0.4) is 0 Å². The van der Waals surface area contributed by atoms with Crippen LogP contribution in [0.15, 0.2) is 42.0 Å². The average Bonchev–Trinajstić information content (AvgIpc) is 3.02. The first-order chi connectivity index (χ1) is 10.2. The highest BCUT2D eigenvalue weighted by atomic mass is 32.1. The Morgan fingerprint density at radius 2 is 2.24 bits per heavy atom. The molecule has 2 heterocycles. The lowest BCUT2D eigenvalue weighted by Crippen LogP contribution is -2.10. The molecule has 5 nitrogen and oxygen atoms in total. The summed E-state index contributed by atoms with van der Waals surface area (Å²) in [6.07, 6.45) is 3.26. The largest absolute Gasteiger partial charge is 0.344 e. The van der Waals surface area contributed by atoms with Crippen LogP contribution in [0.2, 0.25) is 0 Å². The van der Waals surface area contributed by atoms with E-state index in [0.29, 0.717) is 17.2 Å². The van der Waals surface area contributed by atoms with E-state index in [1.165, 1.54) is 18.3 Å². The zero-order valence-corrected chi connectivity index (χ0v) is 12.0. The fourth-order valence-electron chi connectivity index (χ4n) is 1.86. The summed E-state index contributed by atoms with van der Waals surface area (Å²) in [5.41, 5.74) is 1.23. The summed E-state index contributed by atoms with van der Waals surface area (Å²) in [6.45, 7) is 1.97. The van der Waals surface area contributed by atoms with Gasteiger partial charge in [0.15, 0.2) is 0 Å². The lowest BCUT2D eigenvalue weighted by Gasteiger charge is -2.11. The number of nitrogens with zero attached hydrogens (tertiary/aromatic N) is 4. The van der Waals surface area contributed by atoms with Crippen LogP contribution in [0.1, 0.15) is 18.0 Å². The number of nitrogens with one attached hydrogen (secondary N) is 1. The van der Waals surface area contributed by atoms with Crippen LogP contribution in [0, 0.1) is 5.82 Å². The summed E-state index contributed by atoms with van der Waals surface area (Å²) in [5, 5.41) is 13.8. The second kappa shape index (κ2) is 5.92. The summed E-state index contributed by atoms with van der Waals surface area (Å²) >= 11 is 1.55. The first-order valence-electron chi connectivity index (χ1n) is 6.34. The predicted octanol–water partition coefficient (Wildman–Crippen LogP) is 3.31. The van der Waals surface area contributed by atoms with Crippen molar-refractivity contribution in [1.29, 1.82) is 0 Å². The van der Waals surface area contributed by atoms with E-state index in [1.54, 1.807) is 29.7 Å². The molecule has 1 atom stereocenters. The predicted molar refractivity (Wildman–Crippen MR) is 79.4 cm³/mol. The van der Waals surface area contributed by atoms with Gasteiger partial charge in [-0.3, -0.25) is 0 Å². The summed E-state index contributed by atoms with van der Waals surface area (Å²) in [5.74, 6) is 0.0798. The molecule has 1 aromatic carbocycles. The number of hydrogen-bond acceptors (Lipinski definition) is 6. The van der Waals surface area contributed by atoms with E-state index in [4.69, 9.17) is 0 Å². The molecule has 0 radical (unpaired) electrons. The van der Waals surface area contributed by atoms with Crippen molar-refractivity contribution in [2.45, 2.75) is 13.0 Å². The van der Waals surface area contributed by atoms with Gasteiger partial charge in [-0.05, 0) is 19.1 Å². The van der Waals surface area contributed by atoms with Crippen LogP contribution in [-0.2, 0) is 0 Å². The Kier molecular flexibility index (Phi) is 3.83. The SMILES string of the molecule is CC(Nc1nncc(-c2cccc(F)c2)n1)c1nccs1. The molecule has 1 N–H and O–H groups in total. The molecular formula is C14H12FN5S. The Morgan fingerprint density at radius 1 is 1.33 bits per heavy atom. The third-order valence-corrected chi connectivity index (χ3v) is 3.80. The molecule has 0 bridgehead atoms. The van der Waals surface area contributed by atoms with Gasteiger partial charge in [0.1, 0.15) is 10.8 Å². The first-order valence-corrected chi connectivity index (χ1v) is 7.22. The summed E-state index contributed by atoms with van der Waals surface area (Å²) in [6, 6.07) is 6.20. The zero-order valence-electron chi connectivity index (χ0n) is 11.2. The van der Waals surface area contributed by atoms with Crippen LogP contribution in [0.5, 0.6) is 0 Å². The van der Waals surface area contributed by atoms with Crippen molar-refractivity contribution in [2.75, 3.05) is 5.32 Å². The van der Waals surface area contributed by atoms with Crippen LogP contribution >= 0.6 is 11.3 Å². The second-order valence-corrected chi connectivity index (χ2v) is 5.34. The Hall–Kier alpha value is -2.41. The van der Waals surface area contributed by atoms with E-state index >= 15 is 0 Å². The van der Waals surface area contributed by atoms with Crippen molar-refractivity contribution in [3.8, 4) is 11.3 Å². The highest BCUT2D eigenvalue weighted by Crippen LogP contribution is 2.21. The molecule has 0 amide bonds. The molecule has 3 rings (SSSR count). The molecule has 3 aromatic rings. The minimum atomic E-state index is -0.309. The van der Waals surface area contributed by atoms with E-state index in [-0.39, 0.29) is 11.9 Å². The monoisotopic (exact) mass is 301 g/mol. The Bertz CT molecular complexity index is 732. The van der Waals surface area contributed by atoms with Gasteiger partial charge in [-0.15, -0.1) is 16.4 Å². The molecule has 1 unspecified atom stereocenters. The van der Waals surface area contributed by atoms with E-state index in [9.17, 15) is 4.39 Å². The maximum Gasteiger partial charge on any atom is 0.243 e. The van der Waals surface area contributed by atoms with Gasteiger partial charge in [0.05, 0.1) is 17.9 Å². The Labute approximate surface area is 124 Å². The first kappa shape index (κ1) is 13.6. The van der Waals surface area contributed by atoms with Gasteiger partial charge >= 0.3 is 0 Å². The van der Waals surface area contributed by atoms with Crippen LogP contribution in [-0.4, -0.2) is 20.2 Å². The topological polar surface area (TPSA) is 63.6 Å². The fourth-order valence-corrected chi connectivity index (χ4v) is 2.50. The molecule has 0 spiro atoms. The van der Waals surface area contributed by atoms with Crippen molar-refractivity contribution in [1.82, 2.24) is 20.2 Å². The number of aromatic nitrogens is 4. The van der Waals surface area contributed by atoms with Gasteiger partial charge < -0.3 is 5.32 Å². The summed E-state index contributed by atoms with van der Waals surface area (Å²) in [4.78, 5) is 8.59. The van der Waals surface area contributed by atoms with E-state index in [2.05, 4.69) is 25.5 Å². The zero-order chi connectivity index (χ0) is 14.7. The fraction of sp³-hybridized carbons (Fsp3) is 0.143. The van der Waals surface area contributed by atoms with Crippen molar-refractivity contribution >= 4 is 17.3 Å². The van der Waals surface area contributed by atoms with Crippen molar-refractivity contribution < 1.29 is 4.39 Å². The van der Waals surface area contributed by atoms with Crippen molar-refractivity contribution in [2.24, 2.45) is 0 Å². The molecule has 21 heavy (non-hydrogen) atoms. The summed E-state index contributed by atoms with van der Waals surface area (Å²) < 4.78 is 13.3. The Balaban J connectivity index is 1.83. The molecule has 7 heteroatoms. The molecule has 0 aliphatic rings. The Morgan fingerprint density at radius 3 is 3.00 bits per heavy atom. The van der Waals surface area contributed by atoms with Gasteiger partial charge in [-0.2, -0.15) is 5.10 Å². The molecule has 2 aromatic heterocycles. The molecule has 0 aliphatic carbocycles. The van der Waals surface area contributed by atoms with Gasteiger partial charge in [0, 0.05) is 17.1 Å². The smallest absolute Gasteiger partial charge is 0.243 e. The summed E-state index contributed by atoms with van der Waals surface area (Å²) in [7, 11) is 0. The number of halogens is 1. The van der Waals surface area contributed by atoms with Crippen LogP contribution in [0.4, 0.5) is 10.3 Å². The number of rotatable bonds is 4. The van der Waals surface area contributed by atoms with Crippen LogP contribution < -0.4 is 5.32 Å². The van der Waals surface area contributed by atoms with Gasteiger partial charge in [0.2, 0.25) is 5.95 Å². The lowest BCUT2D eigenvalue weighted by molar-refractivity contribution is 0.628. The standard InChI is InChI=1S/C14H12FN5S/c1-9(13-16-5-6-21-13)18-14-19-12(8-17-20-14)10-3-2-4-11(15)7-10/h2-9H,1H3,(H,18,19,20). The minimum Gasteiger partial charge on any atom is -0.344 e. The van der Waals surface area contributed by atoms with E-state index in [0.717, 1.165) is 5.01 Å². The number of hydrogen-bond donors (Lipinski definition) is 1. The normalized spacial score (nSPS) is 12.1. The number of thiazole rings is 1. The molecule has 0 saturated carbocycles. The van der Waals surface area contributed by atoms with Gasteiger partial charge in [-0.25, -0.2) is 14.4 Å². The van der Waals surface area contributed by atoms with Crippen molar-refractivity contribution in [3.63, 3.8) is 0 Å². The van der Waals surface area contributed by atoms with E-state index < -0.39 is 0 Å². The molecule has 0 fully saturated rings. The van der Waals surface area contributed by atoms with E-state index in [1.807, 2.05) is 12.3 Å². The molecular weight excluding hydrogens is 289 g/mol. The maximum absolute atomic E-state index is 13.3. The third-order valence-electron chi connectivity index (χ3n) is 2.85. The highest BCUT2D eigenvalue weighted by Gasteiger charge is 2.11. The molecule has 0 saturated heterocycles. The quantitative estimate of drug-likeness (QED) is 0.801.